The van der Waals surface area contributed by atoms with Crippen LogP contribution in [0.4, 0.5) is 10.1 Å². The predicted molar refractivity (Wildman–Crippen MR) is 87.1 cm³/mol. The summed E-state index contributed by atoms with van der Waals surface area (Å²) in [5.74, 6) is -0.360. The molecule has 0 aliphatic carbocycles. The Bertz CT molecular complexity index is 762. The smallest absolute Gasteiger partial charge is 0.239 e. The molecule has 1 heterocycles. The first-order valence-electron chi connectivity index (χ1n) is 7.48. The molecule has 1 aliphatic rings. The summed E-state index contributed by atoms with van der Waals surface area (Å²) in [6.45, 7) is 0.433. The van der Waals surface area contributed by atoms with Crippen LogP contribution in [-0.4, -0.2) is 25.3 Å². The summed E-state index contributed by atoms with van der Waals surface area (Å²) >= 11 is 0. The molecule has 0 aromatic heterocycles. The van der Waals surface area contributed by atoms with Crippen molar-refractivity contribution in [1.82, 2.24) is 0 Å². The summed E-state index contributed by atoms with van der Waals surface area (Å²) in [6.07, 6.45) is -0.0703. The Morgan fingerprint density at radius 2 is 1.78 bits per heavy atom. The van der Waals surface area contributed by atoms with Crippen molar-refractivity contribution < 1.29 is 17.9 Å². The van der Waals surface area contributed by atoms with E-state index < -0.39 is 21.4 Å². The van der Waals surface area contributed by atoms with Gasteiger partial charge in [0.15, 0.2) is 0 Å². The number of aliphatic hydroxyl groups excluding tert-OH is 1. The van der Waals surface area contributed by atoms with Gasteiger partial charge in [0.2, 0.25) is 10.0 Å². The Kier molecular flexibility index (Phi) is 4.37. The fourth-order valence-electron chi connectivity index (χ4n) is 2.76. The Morgan fingerprint density at radius 1 is 1.13 bits per heavy atom. The quantitative estimate of drug-likeness (QED) is 0.914. The van der Waals surface area contributed by atoms with Crippen molar-refractivity contribution in [2.24, 2.45) is 0 Å². The summed E-state index contributed by atoms with van der Waals surface area (Å²) in [4.78, 5) is 0. The highest BCUT2D eigenvalue weighted by Crippen LogP contribution is 2.33. The van der Waals surface area contributed by atoms with Gasteiger partial charge in [0.25, 0.3) is 0 Å². The van der Waals surface area contributed by atoms with Crippen LogP contribution < -0.4 is 4.31 Å². The normalized spacial score (nSPS) is 20.8. The molecule has 0 radical (unpaired) electrons. The largest absolute Gasteiger partial charge is 0.388 e. The monoisotopic (exact) mass is 335 g/mol. The van der Waals surface area contributed by atoms with Gasteiger partial charge in [-0.1, -0.05) is 30.3 Å². The molecule has 23 heavy (non-hydrogen) atoms. The molecule has 0 amide bonds. The lowest BCUT2D eigenvalue weighted by atomic mass is 10.0. The molecule has 2 atom stereocenters. The minimum atomic E-state index is -3.34. The number of anilines is 1. The van der Waals surface area contributed by atoms with Gasteiger partial charge in [0.05, 0.1) is 23.6 Å². The molecule has 0 spiro atoms. The Balaban J connectivity index is 1.59. The van der Waals surface area contributed by atoms with Crippen LogP contribution in [0.15, 0.2) is 54.6 Å². The third-order valence-corrected chi connectivity index (χ3v) is 6.36. The number of halogens is 1. The van der Waals surface area contributed by atoms with E-state index in [1.165, 1.54) is 28.6 Å². The Morgan fingerprint density at radius 3 is 2.39 bits per heavy atom. The lowest BCUT2D eigenvalue weighted by Crippen LogP contribution is -2.56. The first kappa shape index (κ1) is 16.0. The SMILES string of the molecule is O=S1(=O)C(CCC(O)c2ccc(F)cc2)CN1c1ccccc1. The molecule has 0 saturated carbocycles. The molecule has 0 bridgehead atoms. The van der Waals surface area contributed by atoms with E-state index in [1.54, 1.807) is 24.3 Å². The van der Waals surface area contributed by atoms with Crippen LogP contribution in [0.1, 0.15) is 24.5 Å². The average molecular weight is 335 g/mol. The minimum absolute atomic E-state index is 0.332. The van der Waals surface area contributed by atoms with E-state index in [0.29, 0.717) is 30.6 Å². The fourth-order valence-corrected chi connectivity index (χ4v) is 4.44. The fraction of sp³-hybridized carbons (Fsp3) is 0.294. The van der Waals surface area contributed by atoms with Crippen molar-refractivity contribution in [2.75, 3.05) is 10.8 Å². The predicted octanol–water partition coefficient (Wildman–Crippen LogP) is 2.86. The van der Waals surface area contributed by atoms with E-state index in [4.69, 9.17) is 0 Å². The maximum absolute atomic E-state index is 12.9. The molecule has 4 nitrogen and oxygen atoms in total. The van der Waals surface area contributed by atoms with Gasteiger partial charge in [0, 0.05) is 0 Å². The summed E-state index contributed by atoms with van der Waals surface area (Å²) in [6, 6.07) is 14.6. The van der Waals surface area contributed by atoms with Gasteiger partial charge in [-0.2, -0.15) is 0 Å². The molecule has 2 unspecified atom stereocenters. The first-order chi connectivity index (χ1) is 11.0. The van der Waals surface area contributed by atoms with E-state index in [0.717, 1.165) is 0 Å². The Labute approximate surface area is 135 Å². The molecular formula is C17H18FNO3S. The molecule has 1 fully saturated rings. The highest BCUT2D eigenvalue weighted by molar-refractivity contribution is 7.95. The zero-order chi connectivity index (χ0) is 16.4. The van der Waals surface area contributed by atoms with Crippen molar-refractivity contribution in [3.63, 3.8) is 0 Å². The zero-order valence-corrected chi connectivity index (χ0v) is 13.3. The maximum Gasteiger partial charge on any atom is 0.239 e. The average Bonchev–Trinajstić information content (AvgIpc) is 2.55. The number of hydrogen-bond acceptors (Lipinski definition) is 3. The van der Waals surface area contributed by atoms with Crippen molar-refractivity contribution in [2.45, 2.75) is 24.2 Å². The number of nitrogens with zero attached hydrogens (tertiary/aromatic N) is 1. The van der Waals surface area contributed by atoms with Crippen LogP contribution >= 0.6 is 0 Å². The van der Waals surface area contributed by atoms with Crippen LogP contribution in [-0.2, 0) is 10.0 Å². The molecule has 2 aromatic carbocycles. The second-order valence-electron chi connectivity index (χ2n) is 5.68. The van der Waals surface area contributed by atoms with Crippen molar-refractivity contribution in [3.05, 3.63) is 66.0 Å². The number of sulfonamides is 1. The standard InChI is InChI=1S/C17H18FNO3S/c18-14-8-6-13(7-9-14)17(20)11-10-16-12-19(23(16,21)22)15-4-2-1-3-5-15/h1-9,16-17,20H,10-12H2. The second kappa shape index (κ2) is 6.29. The van der Waals surface area contributed by atoms with Crippen molar-refractivity contribution in [3.8, 4) is 0 Å². The van der Waals surface area contributed by atoms with Crippen LogP contribution in [0.5, 0.6) is 0 Å². The minimum Gasteiger partial charge on any atom is -0.388 e. The molecule has 1 aliphatic heterocycles. The van der Waals surface area contributed by atoms with Crippen LogP contribution in [0.25, 0.3) is 0 Å². The van der Waals surface area contributed by atoms with E-state index in [9.17, 15) is 17.9 Å². The molecule has 6 heteroatoms. The Hall–Kier alpha value is -1.92. The second-order valence-corrected chi connectivity index (χ2v) is 7.82. The van der Waals surface area contributed by atoms with E-state index >= 15 is 0 Å². The molecule has 1 N–H and O–H groups in total. The highest BCUT2D eigenvalue weighted by atomic mass is 32.2. The summed E-state index contributed by atoms with van der Waals surface area (Å²) in [5, 5.41) is 9.63. The van der Waals surface area contributed by atoms with Gasteiger partial charge in [-0.25, -0.2) is 12.8 Å². The van der Waals surface area contributed by atoms with Crippen molar-refractivity contribution >= 4 is 15.7 Å². The number of hydrogen-bond donors (Lipinski definition) is 1. The van der Waals surface area contributed by atoms with Crippen LogP contribution in [0.2, 0.25) is 0 Å². The summed E-state index contributed by atoms with van der Waals surface area (Å²) in [5.41, 5.74) is 1.27. The topological polar surface area (TPSA) is 57.6 Å². The molecule has 2 aromatic rings. The van der Waals surface area contributed by atoms with Gasteiger partial charge in [-0.3, -0.25) is 4.31 Å². The molecular weight excluding hydrogens is 317 g/mol. The summed E-state index contributed by atoms with van der Waals surface area (Å²) < 4.78 is 38.9. The zero-order valence-electron chi connectivity index (χ0n) is 12.5. The molecule has 122 valence electrons. The third-order valence-electron chi connectivity index (χ3n) is 4.16. The summed E-state index contributed by atoms with van der Waals surface area (Å²) in [7, 11) is -3.34. The third kappa shape index (κ3) is 3.23. The van der Waals surface area contributed by atoms with E-state index in [1.807, 2.05) is 6.07 Å². The van der Waals surface area contributed by atoms with Gasteiger partial charge in [-0.15, -0.1) is 0 Å². The van der Waals surface area contributed by atoms with Gasteiger partial charge < -0.3 is 5.11 Å². The number of para-hydroxylation sites is 1. The number of aliphatic hydroxyl groups is 1. The lowest BCUT2D eigenvalue weighted by molar-refractivity contribution is 0.163. The number of benzene rings is 2. The van der Waals surface area contributed by atoms with Crippen molar-refractivity contribution in [1.29, 1.82) is 0 Å². The lowest BCUT2D eigenvalue weighted by Gasteiger charge is -2.40. The van der Waals surface area contributed by atoms with Crippen LogP contribution in [0, 0.1) is 5.82 Å². The maximum atomic E-state index is 12.9. The first-order valence-corrected chi connectivity index (χ1v) is 8.99. The van der Waals surface area contributed by atoms with E-state index in [-0.39, 0.29) is 5.82 Å². The number of rotatable bonds is 5. The van der Waals surface area contributed by atoms with Gasteiger partial charge in [0.1, 0.15) is 5.82 Å². The van der Waals surface area contributed by atoms with Gasteiger partial charge in [-0.05, 0) is 42.7 Å². The molecule has 1 saturated heterocycles. The molecule has 3 rings (SSSR count). The van der Waals surface area contributed by atoms with Crippen LogP contribution in [0.3, 0.4) is 0 Å². The van der Waals surface area contributed by atoms with Gasteiger partial charge >= 0.3 is 0 Å². The van der Waals surface area contributed by atoms with E-state index in [2.05, 4.69) is 0 Å². The highest BCUT2D eigenvalue weighted by Gasteiger charge is 2.43.